The number of benzene rings is 1. The molecule has 10 heteroatoms. The number of aliphatic imine (C=N–C) groups is 1. The summed E-state index contributed by atoms with van der Waals surface area (Å²) in [6.45, 7) is 0.817. The van der Waals surface area contributed by atoms with Crippen molar-refractivity contribution in [3.63, 3.8) is 0 Å². The predicted molar refractivity (Wildman–Crippen MR) is 104 cm³/mol. The number of ether oxygens (including phenoxy) is 2. The second-order valence-electron chi connectivity index (χ2n) is 6.48. The largest absolute Gasteiger partial charge is 0.490 e. The Kier molecular flexibility index (Phi) is 7.20. The number of nitrogens with zero attached hydrogens (tertiary/aromatic N) is 4. The zero-order valence-electron chi connectivity index (χ0n) is 16.6. The van der Waals surface area contributed by atoms with E-state index in [1.165, 1.54) is 0 Å². The first-order valence-corrected chi connectivity index (χ1v) is 9.67. The molecule has 0 saturated carbocycles. The summed E-state index contributed by atoms with van der Waals surface area (Å²) in [5.41, 5.74) is 0.541. The molecule has 0 fully saturated rings. The van der Waals surface area contributed by atoms with E-state index in [9.17, 15) is 8.78 Å². The van der Waals surface area contributed by atoms with Gasteiger partial charge in [0.05, 0.1) is 13.2 Å². The number of nitrogens with one attached hydrogen (secondary N) is 2. The topological polar surface area (TPSA) is 85.6 Å². The number of halogens is 2. The van der Waals surface area contributed by atoms with Crippen molar-refractivity contribution in [3.05, 3.63) is 35.4 Å². The number of aryl methyl sites for hydroxylation is 1. The Morgan fingerprint density at radius 1 is 1.24 bits per heavy atom. The molecule has 158 valence electrons. The van der Waals surface area contributed by atoms with Gasteiger partial charge in [-0.1, -0.05) is 12.1 Å². The summed E-state index contributed by atoms with van der Waals surface area (Å²) in [6.07, 6.45) is 3.20. The molecule has 0 unspecified atom stereocenters. The Hall–Kier alpha value is -2.91. The maximum Gasteiger partial charge on any atom is 0.387 e. The van der Waals surface area contributed by atoms with Crippen molar-refractivity contribution >= 4 is 5.96 Å². The average molecular weight is 408 g/mol. The fourth-order valence-electron chi connectivity index (χ4n) is 3.25. The van der Waals surface area contributed by atoms with Crippen molar-refractivity contribution in [1.82, 2.24) is 25.4 Å². The lowest BCUT2D eigenvalue weighted by Crippen LogP contribution is -2.37. The molecule has 1 aromatic carbocycles. The minimum atomic E-state index is -2.94. The van der Waals surface area contributed by atoms with Gasteiger partial charge in [0, 0.05) is 32.1 Å². The molecule has 3 rings (SSSR count). The number of hydrogen-bond acceptors (Lipinski definition) is 5. The van der Waals surface area contributed by atoms with Crippen LogP contribution >= 0.6 is 0 Å². The molecule has 0 radical (unpaired) electrons. The number of fused-ring (bicyclic) bond motifs is 1. The third kappa shape index (κ3) is 5.33. The molecule has 0 amide bonds. The minimum absolute atomic E-state index is 0.0267. The number of para-hydroxylation sites is 1. The molecule has 0 atom stereocenters. The molecule has 1 aromatic heterocycles. The van der Waals surface area contributed by atoms with Gasteiger partial charge < -0.3 is 24.7 Å². The quantitative estimate of drug-likeness (QED) is 0.516. The van der Waals surface area contributed by atoms with E-state index in [4.69, 9.17) is 9.47 Å². The molecule has 2 aromatic rings. The first-order chi connectivity index (χ1) is 14.1. The SMILES string of the molecule is CCOc1cccc(CNC(=NC)NCc2nnc3n2CCCC3)c1OC(F)F. The van der Waals surface area contributed by atoms with E-state index in [1.807, 2.05) is 0 Å². The van der Waals surface area contributed by atoms with E-state index in [1.54, 1.807) is 32.2 Å². The number of rotatable bonds is 8. The highest BCUT2D eigenvalue weighted by Gasteiger charge is 2.17. The van der Waals surface area contributed by atoms with Gasteiger partial charge in [0.25, 0.3) is 0 Å². The Labute approximate surface area is 168 Å². The molecular formula is C19H26F2N6O2. The lowest BCUT2D eigenvalue weighted by molar-refractivity contribution is -0.0520. The smallest absolute Gasteiger partial charge is 0.387 e. The molecule has 2 heterocycles. The van der Waals surface area contributed by atoms with E-state index in [0.29, 0.717) is 24.7 Å². The fraction of sp³-hybridized carbons (Fsp3) is 0.526. The van der Waals surface area contributed by atoms with Crippen LogP contribution in [0.5, 0.6) is 11.5 Å². The zero-order valence-corrected chi connectivity index (χ0v) is 16.6. The molecule has 0 spiro atoms. The van der Waals surface area contributed by atoms with Crippen molar-refractivity contribution in [2.75, 3.05) is 13.7 Å². The van der Waals surface area contributed by atoms with Crippen LogP contribution < -0.4 is 20.1 Å². The van der Waals surface area contributed by atoms with Crippen LogP contribution in [0.2, 0.25) is 0 Å². The van der Waals surface area contributed by atoms with E-state index in [2.05, 4.69) is 30.4 Å². The zero-order chi connectivity index (χ0) is 20.6. The highest BCUT2D eigenvalue weighted by Crippen LogP contribution is 2.32. The summed E-state index contributed by atoms with van der Waals surface area (Å²) in [5, 5.41) is 14.8. The lowest BCUT2D eigenvalue weighted by atomic mass is 10.2. The second-order valence-corrected chi connectivity index (χ2v) is 6.48. The Balaban J connectivity index is 1.63. The molecule has 0 aliphatic carbocycles. The van der Waals surface area contributed by atoms with Crippen molar-refractivity contribution in [2.24, 2.45) is 4.99 Å². The van der Waals surface area contributed by atoms with E-state index >= 15 is 0 Å². The molecule has 2 N–H and O–H groups in total. The van der Waals surface area contributed by atoms with Crippen molar-refractivity contribution < 1.29 is 18.3 Å². The summed E-state index contributed by atoms with van der Waals surface area (Å²) < 4.78 is 37.9. The van der Waals surface area contributed by atoms with Gasteiger partial charge in [0.15, 0.2) is 23.3 Å². The van der Waals surface area contributed by atoms with Gasteiger partial charge in [-0.3, -0.25) is 4.99 Å². The summed E-state index contributed by atoms with van der Waals surface area (Å²) in [5.74, 6) is 2.69. The molecule has 8 nitrogen and oxygen atoms in total. The van der Waals surface area contributed by atoms with E-state index < -0.39 is 6.61 Å². The molecule has 1 aliphatic rings. The van der Waals surface area contributed by atoms with Crippen LogP contribution in [0.15, 0.2) is 23.2 Å². The van der Waals surface area contributed by atoms with Crippen LogP contribution in [-0.4, -0.2) is 41.0 Å². The summed E-state index contributed by atoms with van der Waals surface area (Å²) >= 11 is 0. The van der Waals surface area contributed by atoms with Crippen LogP contribution in [0.4, 0.5) is 8.78 Å². The molecule has 0 bridgehead atoms. The van der Waals surface area contributed by atoms with Crippen LogP contribution in [0.25, 0.3) is 0 Å². The van der Waals surface area contributed by atoms with Gasteiger partial charge >= 0.3 is 6.61 Å². The fourth-order valence-corrected chi connectivity index (χ4v) is 3.25. The second kappa shape index (κ2) is 10.0. The van der Waals surface area contributed by atoms with Crippen molar-refractivity contribution in [2.45, 2.75) is 52.4 Å². The van der Waals surface area contributed by atoms with Crippen LogP contribution in [0.3, 0.4) is 0 Å². The van der Waals surface area contributed by atoms with Gasteiger partial charge in [0.2, 0.25) is 0 Å². The lowest BCUT2D eigenvalue weighted by Gasteiger charge is -2.18. The summed E-state index contributed by atoms with van der Waals surface area (Å²) in [7, 11) is 1.64. The summed E-state index contributed by atoms with van der Waals surface area (Å²) in [4.78, 5) is 4.18. The summed E-state index contributed by atoms with van der Waals surface area (Å²) in [6, 6.07) is 5.04. The molecule has 0 saturated heterocycles. The number of guanidine groups is 1. The third-order valence-electron chi connectivity index (χ3n) is 4.59. The van der Waals surface area contributed by atoms with Gasteiger partial charge in [-0.25, -0.2) is 0 Å². The maximum absolute atomic E-state index is 12.9. The molecule has 29 heavy (non-hydrogen) atoms. The monoisotopic (exact) mass is 408 g/mol. The minimum Gasteiger partial charge on any atom is -0.490 e. The van der Waals surface area contributed by atoms with E-state index in [0.717, 1.165) is 37.5 Å². The Morgan fingerprint density at radius 3 is 2.83 bits per heavy atom. The highest BCUT2D eigenvalue weighted by molar-refractivity contribution is 5.79. The highest BCUT2D eigenvalue weighted by atomic mass is 19.3. The van der Waals surface area contributed by atoms with Crippen molar-refractivity contribution in [3.8, 4) is 11.5 Å². The van der Waals surface area contributed by atoms with E-state index in [-0.39, 0.29) is 18.0 Å². The van der Waals surface area contributed by atoms with Gasteiger partial charge in [-0.15, -0.1) is 10.2 Å². The first-order valence-electron chi connectivity index (χ1n) is 9.67. The van der Waals surface area contributed by atoms with Crippen LogP contribution in [-0.2, 0) is 26.1 Å². The predicted octanol–water partition coefficient (Wildman–Crippen LogP) is 2.48. The number of hydrogen-bond donors (Lipinski definition) is 2. The number of alkyl halides is 2. The Bertz CT molecular complexity index is 840. The average Bonchev–Trinajstić information content (AvgIpc) is 3.13. The van der Waals surface area contributed by atoms with Crippen LogP contribution in [0, 0.1) is 0 Å². The maximum atomic E-state index is 12.9. The van der Waals surface area contributed by atoms with Gasteiger partial charge in [0.1, 0.15) is 5.82 Å². The number of aromatic nitrogens is 3. The van der Waals surface area contributed by atoms with Crippen molar-refractivity contribution in [1.29, 1.82) is 0 Å². The van der Waals surface area contributed by atoms with Gasteiger partial charge in [-0.05, 0) is 25.8 Å². The molecular weight excluding hydrogens is 382 g/mol. The standard InChI is InChI=1S/C19H26F2N6O2/c1-3-28-14-8-6-7-13(17(14)29-18(20)21)11-23-19(22-2)24-12-16-26-25-15-9-4-5-10-27(15)16/h6-8,18H,3-5,9-12H2,1-2H3,(H2,22,23,24). The normalized spacial score (nSPS) is 13.9. The third-order valence-corrected chi connectivity index (χ3v) is 4.59. The van der Waals surface area contributed by atoms with Gasteiger partial charge in [-0.2, -0.15) is 8.78 Å². The molecule has 1 aliphatic heterocycles. The van der Waals surface area contributed by atoms with Crippen LogP contribution in [0.1, 0.15) is 37.0 Å². The first kappa shape index (κ1) is 20.8. The Morgan fingerprint density at radius 2 is 2.07 bits per heavy atom.